The molecule has 119 heavy (non-hydrogen) atoms. The first-order valence-electron chi connectivity index (χ1n) is 42.7. The van der Waals surface area contributed by atoms with Crippen molar-refractivity contribution in [2.75, 3.05) is 6.54 Å². The second-order valence-electron chi connectivity index (χ2n) is 48.7. The molecule has 18 nitrogen and oxygen atoms in total. The number of imidazole rings is 2. The predicted molar refractivity (Wildman–Crippen MR) is 494 cm³/mol. The molecule has 672 valence electrons. The van der Waals surface area contributed by atoms with E-state index in [4.69, 9.17) is 13.4 Å². The molecule has 0 aromatic carbocycles. The number of nitrogens with zero attached hydrogens (tertiary/aromatic N) is 8. The molecule has 7 rings (SSSR count). The van der Waals surface area contributed by atoms with E-state index in [0.29, 0.717) is 34.4 Å². The van der Waals surface area contributed by atoms with Crippen LogP contribution in [0.2, 0.25) is 0 Å². The van der Waals surface area contributed by atoms with Gasteiger partial charge < -0.3 is 22.5 Å². The number of carbonyl (C=O) groups is 7. The molecule has 0 N–H and O–H groups in total. The topological polar surface area (TPSA) is 246 Å². The third-order valence-electron chi connectivity index (χ3n) is 18.3. The van der Waals surface area contributed by atoms with Crippen molar-refractivity contribution in [3.8, 4) is 0 Å². The molecule has 0 radical (unpaired) electrons. The number of hydrogen-bond acceptors (Lipinski definition) is 17. The summed E-state index contributed by atoms with van der Waals surface area (Å²) in [7, 11) is 0. The van der Waals surface area contributed by atoms with Crippen molar-refractivity contribution in [1.29, 1.82) is 0 Å². The van der Waals surface area contributed by atoms with Crippen molar-refractivity contribution < 1.29 is 46.9 Å². The maximum atomic E-state index is 12.4. The highest BCUT2D eigenvalue weighted by Crippen LogP contribution is 2.37. The Hall–Kier alpha value is -7.15. The van der Waals surface area contributed by atoms with Crippen LogP contribution in [-0.2, 0) is 43.6 Å². The average Bonchev–Trinajstić information content (AvgIpc) is 1.51. The van der Waals surface area contributed by atoms with Gasteiger partial charge in [0.25, 0.3) is 5.89 Å². The average molecular weight is 1670 g/mol. The van der Waals surface area contributed by atoms with Crippen LogP contribution < -0.4 is 0 Å². The van der Waals surface area contributed by atoms with Gasteiger partial charge in [-0.15, -0.1) is 11.3 Å². The van der Waals surface area contributed by atoms with Gasteiger partial charge in [0, 0.05) is 103 Å². The third-order valence-corrected chi connectivity index (χ3v) is 19.5. The quantitative estimate of drug-likeness (QED) is 0.0920. The summed E-state index contributed by atoms with van der Waals surface area (Å²) in [6.07, 6.45) is 9.72. The van der Waals surface area contributed by atoms with E-state index in [1.165, 1.54) is 10.5 Å². The summed E-state index contributed by atoms with van der Waals surface area (Å²) >= 11 is 1.56. The highest BCUT2D eigenvalue weighted by atomic mass is 32.1. The maximum Gasteiger partial charge on any atom is 0.264 e. The molecule has 0 amide bonds. The van der Waals surface area contributed by atoms with Crippen molar-refractivity contribution >= 4 is 57.5 Å². The van der Waals surface area contributed by atoms with Crippen molar-refractivity contribution in [3.05, 3.63) is 120 Å². The molecule has 6 aromatic heterocycles. The van der Waals surface area contributed by atoms with E-state index in [9.17, 15) is 33.6 Å². The number of thiazole rings is 1. The highest BCUT2D eigenvalue weighted by Gasteiger charge is 2.37. The Kier molecular flexibility index (Phi) is 37.3. The number of hydrogen-bond donors (Lipinski definition) is 0. The minimum absolute atomic E-state index is 0.0407. The monoisotopic (exact) mass is 1670 g/mol. The van der Waals surface area contributed by atoms with Crippen LogP contribution in [0.4, 0.5) is 0 Å². The molecule has 0 aliphatic carbocycles. The van der Waals surface area contributed by atoms with E-state index >= 15 is 0 Å². The first-order valence-corrected chi connectivity index (χ1v) is 43.5. The fourth-order valence-corrected chi connectivity index (χ4v) is 13.2. The lowest BCUT2D eigenvalue weighted by Crippen LogP contribution is -2.24. The Labute approximate surface area is 726 Å². The molecule has 0 fully saturated rings. The smallest absolute Gasteiger partial charge is 0.264 e. The summed E-state index contributed by atoms with van der Waals surface area (Å²) in [4.78, 5) is 108. The molecule has 0 unspecified atom stereocenters. The standard InChI is InChI=1S/C15H25NO.C15H24O2.2C14H24N2O.2C14H23NO2.C14H23NOS/c1-10-11(8-14(2,3)4)12(9-16-10)13(17)15(5,6)7;1-10-9-17-12(13(16)15(5,6)7)11(10)8-14(2,3)4;1-10-11(12(17)14(5,6)7)15-9-16(10)8-13(2,3)4;1-10-15-11(12(17)14(5,6)7)8-16(10)9-13(2,3)4;1-9-10(8-13(2,3)4)17-12(15-9)11(16)14(5,6)7;1-9-10(8-13(2,3)4)17-15-11(9)12(16)14(5,6)7;1-9-10(8-13(2,3)4)17-12(15-9)11(16)14(5,6)7/h8-9H2,1-7H3;2*9H,8H2,1-7H3;8H,9H2,1-7H3;3*8H2,1-7H3. The number of rotatable bonds is 14. The molecule has 19 heteroatoms. The van der Waals surface area contributed by atoms with Crippen LogP contribution in [0, 0.1) is 117 Å². The summed E-state index contributed by atoms with van der Waals surface area (Å²) in [5.74, 6) is 4.05. The molecular weight excluding hydrogens is 1510 g/mol. The van der Waals surface area contributed by atoms with E-state index in [-0.39, 0.29) is 106 Å². The van der Waals surface area contributed by atoms with E-state index < -0.39 is 16.2 Å². The van der Waals surface area contributed by atoms with Gasteiger partial charge in [-0.1, -0.05) is 296 Å². The number of carbonyl (C=O) groups excluding carboxylic acids is 7. The van der Waals surface area contributed by atoms with Crippen molar-refractivity contribution in [2.24, 2.45) is 80.8 Å². The van der Waals surface area contributed by atoms with Crippen LogP contribution in [0.15, 0.2) is 48.3 Å². The van der Waals surface area contributed by atoms with Crippen LogP contribution in [-0.4, -0.2) is 87.0 Å². The lowest BCUT2D eigenvalue weighted by Gasteiger charge is -2.23. The summed E-state index contributed by atoms with van der Waals surface area (Å²) in [6.45, 7) is 102. The van der Waals surface area contributed by atoms with Gasteiger partial charge in [-0.25, -0.2) is 19.9 Å². The minimum Gasteiger partial charge on any atom is -0.461 e. The summed E-state index contributed by atoms with van der Waals surface area (Å²) in [5, 5.41) is 4.60. The van der Waals surface area contributed by atoms with E-state index in [2.05, 4.69) is 185 Å². The molecule has 0 atom stereocenters. The first-order chi connectivity index (χ1) is 52.6. The molecule has 6 aromatic rings. The zero-order chi connectivity index (χ0) is 94.0. The molecule has 1 aliphatic rings. The normalized spacial score (nSPS) is 13.5. The lowest BCUT2D eigenvalue weighted by molar-refractivity contribution is -0.122. The molecule has 0 saturated carbocycles. The highest BCUT2D eigenvalue weighted by molar-refractivity contribution is 7.13. The van der Waals surface area contributed by atoms with E-state index in [1.54, 1.807) is 23.9 Å². The Morgan fingerprint density at radius 3 is 1.24 bits per heavy atom. The number of oxazole rings is 1. The van der Waals surface area contributed by atoms with Gasteiger partial charge >= 0.3 is 0 Å². The molecule has 0 spiro atoms. The number of allylic oxidation sites excluding steroid dienone is 1. The largest absolute Gasteiger partial charge is 0.461 e. The van der Waals surface area contributed by atoms with Crippen LogP contribution in [0.1, 0.15) is 423 Å². The van der Waals surface area contributed by atoms with Gasteiger partial charge in [0.15, 0.2) is 45.4 Å². The van der Waals surface area contributed by atoms with Crippen LogP contribution in [0.25, 0.3) is 0 Å². The molecule has 1 aliphatic heterocycles. The first kappa shape index (κ1) is 110. The minimum atomic E-state index is -0.448. The lowest BCUT2D eigenvalue weighted by atomic mass is 9.80. The summed E-state index contributed by atoms with van der Waals surface area (Å²) in [5.41, 5.74) is 9.26. The van der Waals surface area contributed by atoms with E-state index in [0.717, 1.165) is 108 Å². The number of Topliss-reactive ketones (excluding diaryl/α,β-unsaturated/α-hetero) is 7. The van der Waals surface area contributed by atoms with Gasteiger partial charge in [0.1, 0.15) is 28.7 Å². The van der Waals surface area contributed by atoms with Gasteiger partial charge in [-0.2, -0.15) is 0 Å². The number of aliphatic imine (C=N–C) groups is 1. The number of furan rings is 1. The van der Waals surface area contributed by atoms with Crippen LogP contribution in [0.3, 0.4) is 0 Å². The zero-order valence-corrected chi connectivity index (χ0v) is 85.3. The Balaban J connectivity index is 0.000000694. The number of aromatic nitrogens is 7. The van der Waals surface area contributed by atoms with Crippen molar-refractivity contribution in [2.45, 2.75) is 384 Å². The van der Waals surface area contributed by atoms with Gasteiger partial charge in [-0.3, -0.25) is 38.6 Å². The van der Waals surface area contributed by atoms with E-state index in [1.807, 2.05) is 200 Å². The molecule has 0 saturated heterocycles. The number of ketones is 7. The summed E-state index contributed by atoms with van der Waals surface area (Å²) in [6, 6.07) is 0. The van der Waals surface area contributed by atoms with Crippen LogP contribution >= 0.6 is 11.3 Å². The Bertz CT molecular complexity index is 4180. The predicted octanol–water partition coefficient (Wildman–Crippen LogP) is 27.0. The van der Waals surface area contributed by atoms with Gasteiger partial charge in [0.2, 0.25) is 11.6 Å². The van der Waals surface area contributed by atoms with Crippen LogP contribution in [0.5, 0.6) is 0 Å². The SMILES string of the molecule is CC1=NCC(C(=O)C(C)(C)C)=C1CC(C)(C)C.Cc1c(C(=O)C(C)(C)C)ncn1CC(C)(C)C.Cc1c(C(=O)C(C)(C)C)noc1CC(C)(C)C.Cc1coc(C(=O)C(C)(C)C)c1CC(C)(C)C.Cc1nc(C(=O)C(C)(C)C)cn1CC(C)(C)C.Cc1nc(C(=O)C(C)(C)C)oc1CC(C)(C)C.Cc1nc(C(=O)C(C)(C)C)sc1CC(C)(C)C. The molecular formula is C100H166N8O10S. The maximum absolute atomic E-state index is 12.4. The number of aryl methyl sites for hydroxylation is 4. The molecule has 7 heterocycles. The second-order valence-corrected chi connectivity index (χ2v) is 49.8. The Morgan fingerprint density at radius 2 is 0.824 bits per heavy atom. The van der Waals surface area contributed by atoms with Crippen molar-refractivity contribution in [3.63, 3.8) is 0 Å². The third kappa shape index (κ3) is 38.0. The Morgan fingerprint density at radius 1 is 0.412 bits per heavy atom. The van der Waals surface area contributed by atoms with Gasteiger partial charge in [-0.05, 0) is 117 Å². The second kappa shape index (κ2) is 40.4. The fourth-order valence-electron chi connectivity index (χ4n) is 11.7. The summed E-state index contributed by atoms with van der Waals surface area (Å²) < 4.78 is 20.6. The molecule has 0 bridgehead atoms. The fraction of sp³-hybridized carbons (Fsp3) is 0.710. The zero-order valence-electron chi connectivity index (χ0n) is 84.5. The van der Waals surface area contributed by atoms with Crippen molar-refractivity contribution in [1.82, 2.24) is 34.2 Å². The van der Waals surface area contributed by atoms with Gasteiger partial charge in [0.05, 0.1) is 30.5 Å².